The van der Waals surface area contributed by atoms with Crippen molar-refractivity contribution in [3.8, 4) is 0 Å². The van der Waals surface area contributed by atoms with Crippen LogP contribution in [0.4, 0.5) is 0 Å². The molecule has 0 spiro atoms. The second-order valence-electron chi connectivity index (χ2n) is 4.12. The maximum absolute atomic E-state index is 11.1. The van der Waals surface area contributed by atoms with Crippen molar-refractivity contribution >= 4 is 11.9 Å². The number of rotatable bonds is 3. The SMILES string of the molecule is CO[C@H]1C[C@@H](NC(C)=O)[C@@H](OC(C)=O)[C@@H](C)O1. The Morgan fingerprint density at radius 1 is 1.35 bits per heavy atom. The lowest BCUT2D eigenvalue weighted by atomic mass is 9.99. The Labute approximate surface area is 101 Å². The molecule has 1 aliphatic rings. The molecule has 1 N–H and O–H groups in total. The largest absolute Gasteiger partial charge is 0.458 e. The van der Waals surface area contributed by atoms with Crippen LogP contribution >= 0.6 is 0 Å². The fourth-order valence-electron chi connectivity index (χ4n) is 1.96. The van der Waals surface area contributed by atoms with E-state index >= 15 is 0 Å². The molecule has 0 radical (unpaired) electrons. The average molecular weight is 245 g/mol. The lowest BCUT2D eigenvalue weighted by molar-refractivity contribution is -0.223. The maximum Gasteiger partial charge on any atom is 0.303 e. The summed E-state index contributed by atoms with van der Waals surface area (Å²) in [5.74, 6) is -0.562. The lowest BCUT2D eigenvalue weighted by Gasteiger charge is -2.39. The second-order valence-corrected chi connectivity index (χ2v) is 4.12. The highest BCUT2D eigenvalue weighted by Gasteiger charge is 2.39. The number of methoxy groups -OCH3 is 1. The third-order valence-electron chi connectivity index (χ3n) is 2.63. The number of nitrogens with one attached hydrogen (secondary N) is 1. The fraction of sp³-hybridized carbons (Fsp3) is 0.818. The zero-order valence-corrected chi connectivity index (χ0v) is 10.6. The van der Waals surface area contributed by atoms with Gasteiger partial charge in [0.1, 0.15) is 6.10 Å². The smallest absolute Gasteiger partial charge is 0.303 e. The van der Waals surface area contributed by atoms with Crippen molar-refractivity contribution in [2.24, 2.45) is 0 Å². The van der Waals surface area contributed by atoms with Crippen LogP contribution in [0.5, 0.6) is 0 Å². The molecular formula is C11H19NO5. The van der Waals surface area contributed by atoms with Gasteiger partial charge in [0.25, 0.3) is 0 Å². The van der Waals surface area contributed by atoms with Crippen LogP contribution < -0.4 is 5.32 Å². The van der Waals surface area contributed by atoms with Gasteiger partial charge in [0.2, 0.25) is 5.91 Å². The Bertz CT molecular complexity index is 294. The van der Waals surface area contributed by atoms with E-state index in [1.807, 2.05) is 0 Å². The van der Waals surface area contributed by atoms with E-state index in [1.165, 1.54) is 21.0 Å². The van der Waals surface area contributed by atoms with Crippen molar-refractivity contribution < 1.29 is 23.8 Å². The first-order valence-corrected chi connectivity index (χ1v) is 5.56. The zero-order valence-electron chi connectivity index (χ0n) is 10.6. The van der Waals surface area contributed by atoms with Crippen LogP contribution in [0.2, 0.25) is 0 Å². The quantitative estimate of drug-likeness (QED) is 0.719. The molecule has 1 aliphatic heterocycles. The summed E-state index contributed by atoms with van der Waals surface area (Å²) >= 11 is 0. The van der Waals surface area contributed by atoms with Crippen LogP contribution in [-0.4, -0.2) is 43.5 Å². The molecule has 6 heteroatoms. The highest BCUT2D eigenvalue weighted by Crippen LogP contribution is 2.23. The number of amides is 1. The number of ether oxygens (including phenoxy) is 3. The summed E-state index contributed by atoms with van der Waals surface area (Å²) < 4.78 is 15.8. The van der Waals surface area contributed by atoms with E-state index in [9.17, 15) is 9.59 Å². The van der Waals surface area contributed by atoms with E-state index in [2.05, 4.69) is 5.32 Å². The molecule has 17 heavy (non-hydrogen) atoms. The molecule has 1 amide bonds. The topological polar surface area (TPSA) is 73.9 Å². The van der Waals surface area contributed by atoms with Gasteiger partial charge in [-0.3, -0.25) is 9.59 Å². The summed E-state index contributed by atoms with van der Waals surface area (Å²) in [5, 5.41) is 2.76. The van der Waals surface area contributed by atoms with E-state index in [1.54, 1.807) is 6.92 Å². The van der Waals surface area contributed by atoms with E-state index < -0.39 is 18.4 Å². The predicted octanol–water partition coefficient (Wildman–Crippen LogP) is 0.204. The average Bonchev–Trinajstić information content (AvgIpc) is 2.21. The summed E-state index contributed by atoms with van der Waals surface area (Å²) in [6, 6.07) is -0.287. The first-order valence-electron chi connectivity index (χ1n) is 5.56. The van der Waals surface area contributed by atoms with Gasteiger partial charge >= 0.3 is 5.97 Å². The Morgan fingerprint density at radius 2 is 2.00 bits per heavy atom. The zero-order chi connectivity index (χ0) is 13.0. The molecule has 0 aromatic rings. The molecule has 1 rings (SSSR count). The van der Waals surface area contributed by atoms with Crippen LogP contribution in [-0.2, 0) is 23.8 Å². The molecule has 0 unspecified atom stereocenters. The molecule has 0 aromatic carbocycles. The Balaban J connectivity index is 2.74. The summed E-state index contributed by atoms with van der Waals surface area (Å²) in [7, 11) is 1.54. The standard InChI is InChI=1S/C11H19NO5/c1-6-11(17-8(3)14)9(12-7(2)13)5-10(15-4)16-6/h6,9-11H,5H2,1-4H3,(H,12,13)/t6-,9-,10-,11+/m1/s1. The van der Waals surface area contributed by atoms with Gasteiger partial charge in [-0.2, -0.15) is 0 Å². The minimum Gasteiger partial charge on any atom is -0.458 e. The van der Waals surface area contributed by atoms with Crippen molar-refractivity contribution in [3.05, 3.63) is 0 Å². The molecule has 1 fully saturated rings. The van der Waals surface area contributed by atoms with Crippen molar-refractivity contribution in [2.45, 2.75) is 51.7 Å². The van der Waals surface area contributed by atoms with Gasteiger partial charge in [-0.1, -0.05) is 0 Å². The highest BCUT2D eigenvalue weighted by molar-refractivity contribution is 5.73. The Hall–Kier alpha value is -1.14. The molecule has 0 bridgehead atoms. The number of hydrogen-bond donors (Lipinski definition) is 1. The van der Waals surface area contributed by atoms with E-state index in [4.69, 9.17) is 14.2 Å². The maximum atomic E-state index is 11.1. The van der Waals surface area contributed by atoms with E-state index in [-0.39, 0.29) is 18.1 Å². The van der Waals surface area contributed by atoms with Gasteiger partial charge in [-0.15, -0.1) is 0 Å². The molecule has 4 atom stereocenters. The highest BCUT2D eigenvalue weighted by atomic mass is 16.7. The van der Waals surface area contributed by atoms with Crippen LogP contribution in [0.15, 0.2) is 0 Å². The summed E-state index contributed by atoms with van der Waals surface area (Å²) in [6.07, 6.45) is -0.746. The van der Waals surface area contributed by atoms with E-state index in [0.717, 1.165) is 0 Å². The summed E-state index contributed by atoms with van der Waals surface area (Å²) in [6.45, 7) is 4.54. The van der Waals surface area contributed by atoms with E-state index in [0.29, 0.717) is 6.42 Å². The molecule has 0 aliphatic carbocycles. The van der Waals surface area contributed by atoms with Crippen LogP contribution in [0.1, 0.15) is 27.2 Å². The second kappa shape index (κ2) is 5.97. The van der Waals surface area contributed by atoms with Gasteiger partial charge in [-0.25, -0.2) is 0 Å². The van der Waals surface area contributed by atoms with Gasteiger partial charge in [-0.05, 0) is 6.92 Å². The minimum atomic E-state index is -0.484. The van der Waals surface area contributed by atoms with Crippen molar-refractivity contribution in [2.75, 3.05) is 7.11 Å². The summed E-state index contributed by atoms with van der Waals surface area (Å²) in [4.78, 5) is 22.1. The first kappa shape index (κ1) is 13.9. The number of esters is 1. The molecule has 0 saturated carbocycles. The Morgan fingerprint density at radius 3 is 2.47 bits per heavy atom. The number of carbonyl (C=O) groups is 2. The molecular weight excluding hydrogens is 226 g/mol. The number of hydrogen-bond acceptors (Lipinski definition) is 5. The van der Waals surface area contributed by atoms with Crippen LogP contribution in [0.3, 0.4) is 0 Å². The van der Waals surface area contributed by atoms with Crippen molar-refractivity contribution in [1.29, 1.82) is 0 Å². The normalized spacial score (nSPS) is 32.9. The fourth-order valence-corrected chi connectivity index (χ4v) is 1.96. The first-order chi connectivity index (χ1) is 7.93. The van der Waals surface area contributed by atoms with Crippen molar-refractivity contribution in [3.63, 3.8) is 0 Å². The minimum absolute atomic E-state index is 0.170. The molecule has 1 saturated heterocycles. The summed E-state index contributed by atoms with van der Waals surface area (Å²) in [5.41, 5.74) is 0. The van der Waals surface area contributed by atoms with Gasteiger partial charge in [0, 0.05) is 27.4 Å². The van der Waals surface area contributed by atoms with Crippen LogP contribution in [0, 0.1) is 0 Å². The Kier molecular flexibility index (Phi) is 4.89. The monoisotopic (exact) mass is 245 g/mol. The molecule has 6 nitrogen and oxygen atoms in total. The molecule has 0 aromatic heterocycles. The molecule has 1 heterocycles. The van der Waals surface area contributed by atoms with Crippen molar-refractivity contribution in [1.82, 2.24) is 5.32 Å². The predicted molar refractivity (Wildman–Crippen MR) is 59.1 cm³/mol. The lowest BCUT2D eigenvalue weighted by Crippen LogP contribution is -2.56. The third kappa shape index (κ3) is 3.98. The molecule has 98 valence electrons. The van der Waals surface area contributed by atoms with Gasteiger partial charge in [0.05, 0.1) is 12.1 Å². The van der Waals surface area contributed by atoms with Crippen LogP contribution in [0.25, 0.3) is 0 Å². The number of carbonyl (C=O) groups excluding carboxylic acids is 2. The van der Waals surface area contributed by atoms with Gasteiger partial charge < -0.3 is 19.5 Å². The third-order valence-corrected chi connectivity index (χ3v) is 2.63. The van der Waals surface area contributed by atoms with Gasteiger partial charge in [0.15, 0.2) is 6.29 Å².